The van der Waals surface area contributed by atoms with Gasteiger partial charge in [-0.1, -0.05) is 18.2 Å². The van der Waals surface area contributed by atoms with Crippen LogP contribution >= 0.6 is 0 Å². The first kappa shape index (κ1) is 12.6. The molecule has 3 nitrogen and oxygen atoms in total. The fourth-order valence-corrected chi connectivity index (χ4v) is 5.08. The zero-order valence-electron chi connectivity index (χ0n) is 12.8. The Morgan fingerprint density at radius 3 is 2.05 bits per heavy atom. The molecule has 1 aromatic carbocycles. The van der Waals surface area contributed by atoms with Crippen molar-refractivity contribution < 1.29 is 9.59 Å². The molecule has 0 radical (unpaired) electrons. The van der Waals surface area contributed by atoms with Gasteiger partial charge < -0.3 is 0 Å². The predicted octanol–water partition coefficient (Wildman–Crippen LogP) is 2.86. The number of benzene rings is 1. The van der Waals surface area contributed by atoms with E-state index < -0.39 is 0 Å². The van der Waals surface area contributed by atoms with E-state index in [0.29, 0.717) is 23.7 Å². The van der Waals surface area contributed by atoms with Crippen LogP contribution in [-0.2, 0) is 9.59 Å². The summed E-state index contributed by atoms with van der Waals surface area (Å²) in [7, 11) is 0. The van der Waals surface area contributed by atoms with Gasteiger partial charge in [0.05, 0.1) is 17.5 Å². The van der Waals surface area contributed by atoms with Crippen LogP contribution < -0.4 is 4.90 Å². The van der Waals surface area contributed by atoms with Crippen LogP contribution in [0, 0.1) is 49.4 Å². The van der Waals surface area contributed by atoms with Crippen LogP contribution in [0.25, 0.3) is 0 Å². The Bertz CT molecular complexity index is 714. The molecule has 6 rings (SSSR count). The SMILES string of the molecule is Cc1ccc(N2C(=O)[C@H]3[C@@H]4C=C[C@H]([C@H]5C[C@H]45)[C@@H]3C2=O)cc1C. The first-order chi connectivity index (χ1) is 10.6. The maximum absolute atomic E-state index is 13.0. The minimum atomic E-state index is -0.104. The van der Waals surface area contributed by atoms with Gasteiger partial charge in [0.2, 0.25) is 11.8 Å². The molecular weight excluding hydrogens is 274 g/mol. The molecule has 3 fully saturated rings. The quantitative estimate of drug-likeness (QED) is 0.590. The summed E-state index contributed by atoms with van der Waals surface area (Å²) in [5, 5.41) is 0. The molecule has 1 saturated heterocycles. The van der Waals surface area contributed by atoms with Crippen molar-refractivity contribution in [2.75, 3.05) is 4.90 Å². The van der Waals surface area contributed by atoms with Crippen LogP contribution in [0.2, 0.25) is 0 Å². The van der Waals surface area contributed by atoms with Gasteiger partial charge in [0.15, 0.2) is 0 Å². The topological polar surface area (TPSA) is 37.4 Å². The normalized spacial score (nSPS) is 40.9. The van der Waals surface area contributed by atoms with Crippen molar-refractivity contribution in [1.29, 1.82) is 0 Å². The lowest BCUT2D eigenvalue weighted by Crippen LogP contribution is -2.40. The average Bonchev–Trinajstić information content (AvgIpc) is 3.28. The second kappa shape index (κ2) is 3.89. The fourth-order valence-electron chi connectivity index (χ4n) is 5.08. The van der Waals surface area contributed by atoms with E-state index in [9.17, 15) is 9.59 Å². The molecule has 6 atom stereocenters. The highest BCUT2D eigenvalue weighted by Crippen LogP contribution is 2.65. The van der Waals surface area contributed by atoms with Gasteiger partial charge in [0.1, 0.15) is 0 Å². The molecule has 4 aliphatic carbocycles. The van der Waals surface area contributed by atoms with Gasteiger partial charge in [-0.2, -0.15) is 0 Å². The molecule has 0 N–H and O–H groups in total. The molecule has 5 aliphatic rings. The van der Waals surface area contributed by atoms with Crippen molar-refractivity contribution in [3.05, 3.63) is 41.5 Å². The van der Waals surface area contributed by atoms with Crippen molar-refractivity contribution >= 4 is 17.5 Å². The van der Waals surface area contributed by atoms with Crippen LogP contribution in [-0.4, -0.2) is 11.8 Å². The number of hydrogen-bond donors (Lipinski definition) is 0. The molecule has 2 saturated carbocycles. The van der Waals surface area contributed by atoms with E-state index in [2.05, 4.69) is 12.2 Å². The summed E-state index contributed by atoms with van der Waals surface area (Å²) in [6, 6.07) is 5.88. The van der Waals surface area contributed by atoms with Crippen molar-refractivity contribution in [2.45, 2.75) is 20.3 Å². The van der Waals surface area contributed by atoms with E-state index in [1.165, 1.54) is 16.9 Å². The highest BCUT2D eigenvalue weighted by Gasteiger charge is 2.67. The van der Waals surface area contributed by atoms with Gasteiger partial charge in [-0.3, -0.25) is 14.5 Å². The lowest BCUT2D eigenvalue weighted by Gasteiger charge is -2.37. The van der Waals surface area contributed by atoms with Crippen molar-refractivity contribution in [1.82, 2.24) is 0 Å². The summed E-state index contributed by atoms with van der Waals surface area (Å²) in [5.74, 6) is 1.77. The molecule has 0 unspecified atom stereocenters. The number of nitrogens with zero attached hydrogens (tertiary/aromatic N) is 1. The third-order valence-corrected chi connectivity index (χ3v) is 6.41. The molecule has 0 spiro atoms. The summed E-state index contributed by atoms with van der Waals surface area (Å²) < 4.78 is 0. The molecule has 22 heavy (non-hydrogen) atoms. The number of hydrogen-bond acceptors (Lipinski definition) is 2. The molecule has 0 aromatic heterocycles. The molecule has 2 amide bonds. The van der Waals surface area contributed by atoms with E-state index >= 15 is 0 Å². The molecule has 2 bridgehead atoms. The molecule has 1 heterocycles. The first-order valence-corrected chi connectivity index (χ1v) is 8.21. The van der Waals surface area contributed by atoms with Crippen LogP contribution in [0.3, 0.4) is 0 Å². The first-order valence-electron chi connectivity index (χ1n) is 8.21. The standard InChI is InChI=1S/C19H19NO2/c1-9-3-4-11(7-10(9)2)20-18(21)16-12-5-6-13(15-8-14(12)15)17(16)19(20)22/h3-7,12-17H,8H2,1-2H3/t12-,13-,14-,15-,16+,17+/m1/s1. The Balaban J connectivity index is 1.58. The number of rotatable bonds is 1. The van der Waals surface area contributed by atoms with Crippen LogP contribution in [0.1, 0.15) is 17.5 Å². The highest BCUT2D eigenvalue weighted by molar-refractivity contribution is 6.22. The highest BCUT2D eigenvalue weighted by atomic mass is 16.2. The smallest absolute Gasteiger partial charge is 0.238 e. The largest absolute Gasteiger partial charge is 0.274 e. The van der Waals surface area contributed by atoms with Gasteiger partial charge in [-0.25, -0.2) is 0 Å². The van der Waals surface area contributed by atoms with Crippen molar-refractivity contribution in [2.24, 2.45) is 35.5 Å². The third kappa shape index (κ3) is 1.37. The van der Waals surface area contributed by atoms with Gasteiger partial charge >= 0.3 is 0 Å². The Labute approximate surface area is 130 Å². The minimum Gasteiger partial charge on any atom is -0.274 e. The number of carbonyl (C=O) groups excluding carboxylic acids is 2. The lowest BCUT2D eigenvalue weighted by atomic mass is 9.63. The summed E-state index contributed by atoms with van der Waals surface area (Å²) in [4.78, 5) is 27.4. The second-order valence-corrected chi connectivity index (χ2v) is 7.44. The molecule has 3 heteroatoms. The maximum Gasteiger partial charge on any atom is 0.238 e. The number of imide groups is 1. The lowest BCUT2D eigenvalue weighted by molar-refractivity contribution is -0.124. The number of anilines is 1. The number of aryl methyl sites for hydroxylation is 2. The summed E-state index contributed by atoms with van der Waals surface area (Å²) in [6.07, 6.45) is 5.64. The van der Waals surface area contributed by atoms with Crippen molar-refractivity contribution in [3.63, 3.8) is 0 Å². The maximum atomic E-state index is 13.0. The van der Waals surface area contributed by atoms with E-state index in [1.54, 1.807) is 0 Å². The zero-order valence-corrected chi connectivity index (χ0v) is 12.8. The molecule has 1 aliphatic heterocycles. The summed E-state index contributed by atoms with van der Waals surface area (Å²) in [6.45, 7) is 4.07. The monoisotopic (exact) mass is 293 g/mol. The summed E-state index contributed by atoms with van der Waals surface area (Å²) >= 11 is 0. The van der Waals surface area contributed by atoms with E-state index in [4.69, 9.17) is 0 Å². The number of carbonyl (C=O) groups is 2. The molecule has 112 valence electrons. The summed E-state index contributed by atoms with van der Waals surface area (Å²) in [5.41, 5.74) is 3.06. The molecular formula is C19H19NO2. The molecule has 1 aromatic rings. The zero-order chi connectivity index (χ0) is 15.2. The Kier molecular flexibility index (Phi) is 2.23. The predicted molar refractivity (Wildman–Crippen MR) is 83.1 cm³/mol. The van der Waals surface area contributed by atoms with Gasteiger partial charge in [0, 0.05) is 0 Å². The Hall–Kier alpha value is -1.90. The third-order valence-electron chi connectivity index (χ3n) is 6.41. The van der Waals surface area contributed by atoms with Crippen molar-refractivity contribution in [3.8, 4) is 0 Å². The van der Waals surface area contributed by atoms with E-state index in [1.807, 2.05) is 32.0 Å². The van der Waals surface area contributed by atoms with E-state index in [-0.39, 0.29) is 23.7 Å². The van der Waals surface area contributed by atoms with Crippen LogP contribution in [0.15, 0.2) is 30.4 Å². The van der Waals surface area contributed by atoms with Gasteiger partial charge in [-0.05, 0) is 67.2 Å². The Morgan fingerprint density at radius 2 is 1.50 bits per heavy atom. The average molecular weight is 293 g/mol. The van der Waals surface area contributed by atoms with Gasteiger partial charge in [-0.15, -0.1) is 0 Å². The second-order valence-electron chi connectivity index (χ2n) is 7.44. The van der Waals surface area contributed by atoms with E-state index in [0.717, 1.165) is 11.3 Å². The van der Waals surface area contributed by atoms with Crippen LogP contribution in [0.4, 0.5) is 5.69 Å². The van der Waals surface area contributed by atoms with Gasteiger partial charge in [0.25, 0.3) is 0 Å². The Morgan fingerprint density at radius 1 is 0.909 bits per heavy atom. The van der Waals surface area contributed by atoms with Crippen LogP contribution in [0.5, 0.6) is 0 Å². The number of allylic oxidation sites excluding steroid dienone is 2. The fraction of sp³-hybridized carbons (Fsp3) is 0.474. The number of amides is 2. The minimum absolute atomic E-state index is 0.0305.